The molecule has 0 bridgehead atoms. The summed E-state index contributed by atoms with van der Waals surface area (Å²) in [4.78, 5) is 0. The molecule has 0 amide bonds. The van der Waals surface area contributed by atoms with Crippen molar-refractivity contribution in [2.75, 3.05) is 0 Å². The molecule has 0 aliphatic carbocycles. The number of nitrogens with zero attached hydrogens (tertiary/aromatic N) is 4. The maximum atomic E-state index is 3.91. The number of hydrogen-bond acceptors (Lipinski definition) is 0. The Labute approximate surface area is 585 Å². The van der Waals surface area contributed by atoms with Crippen molar-refractivity contribution in [2.45, 2.75) is 146 Å². The Bertz CT molecular complexity index is 3340. The summed E-state index contributed by atoms with van der Waals surface area (Å²) in [6.07, 6.45) is 17.5. The Balaban J connectivity index is 0.000000315. The van der Waals surface area contributed by atoms with Gasteiger partial charge in [-0.3, -0.25) is 0 Å². The van der Waals surface area contributed by atoms with Crippen LogP contribution in [-0.2, 0) is 25.9 Å². The second-order valence-electron chi connectivity index (χ2n) is 27.5. The quantitative estimate of drug-likeness (QED) is 0.0820. The predicted octanol–water partition coefficient (Wildman–Crippen LogP) is 20.0. The van der Waals surface area contributed by atoms with Crippen LogP contribution in [0.3, 0.4) is 0 Å². The molecule has 0 fully saturated rings. The van der Waals surface area contributed by atoms with Gasteiger partial charge < -0.3 is 44.5 Å². The second kappa shape index (κ2) is 34.9. The van der Waals surface area contributed by atoms with Gasteiger partial charge in [0.25, 0.3) is 0 Å². The number of rotatable bonds is 8. The van der Waals surface area contributed by atoms with Crippen molar-refractivity contribution in [3.63, 3.8) is 0 Å². The summed E-state index contributed by atoms with van der Waals surface area (Å²) in [5.41, 5.74) is 13.1. The van der Waals surface area contributed by atoms with E-state index in [0.29, 0.717) is 0 Å². The van der Waals surface area contributed by atoms with E-state index >= 15 is 0 Å². The molecule has 10 heteroatoms. The number of aromatic nitrogens is 4. The number of aryl methyl sites for hydroxylation is 10. The van der Waals surface area contributed by atoms with Crippen LogP contribution in [0, 0.1) is 156 Å². The van der Waals surface area contributed by atoms with Crippen molar-refractivity contribution in [3.8, 4) is 11.4 Å². The molecule has 86 heavy (non-hydrogen) atoms. The van der Waals surface area contributed by atoms with Crippen molar-refractivity contribution < 1.29 is 84.6 Å². The smallest absolute Gasteiger partial charge is 0.342 e. The fraction of sp³-hybridized carbons (Fsp3) is 0.289. The maximum absolute atomic E-state index is 3.91. The number of hydrogen-bond donors (Lipinski definition) is 0. The van der Waals surface area contributed by atoms with Crippen LogP contribution < -0.4 is 9.13 Å². The van der Waals surface area contributed by atoms with Gasteiger partial charge in [0.05, 0.1) is 24.5 Å². The van der Waals surface area contributed by atoms with E-state index in [1.165, 1.54) is 99.0 Å². The largest absolute Gasteiger partial charge is 3.00 e. The molecule has 0 spiro atoms. The molecule has 0 aliphatic heterocycles. The van der Waals surface area contributed by atoms with Gasteiger partial charge in [0.15, 0.2) is 0 Å². The minimum atomic E-state index is -0.861. The minimum Gasteiger partial charge on any atom is -0.342 e. The zero-order valence-corrected chi connectivity index (χ0v) is 63.2. The van der Waals surface area contributed by atoms with Crippen LogP contribution in [0.2, 0.25) is 78.6 Å². The SMILES string of the molecule is Cc1cc(C)c(-n2[c-][n+](CC[c-]3c4ccccc4c4ccccc43)cc2)c(C)c1.Cc1cc(C)c(-n2[c-][n+](CC[c-]3c4ccccc4c4ccccc43)cc2)c(C)c1.[CH2-][Si](C)(C)C.[CH2-][Si](C)(C)C.[CH2-][Si](C)(C)C.[CH2-][Si](C)(C)C.[Ho+3].[Ho+3].c1ccccc1. The first-order valence-electron chi connectivity index (χ1n) is 29.9. The first-order valence-corrected chi connectivity index (χ1v) is 44.7. The fourth-order valence-electron chi connectivity index (χ4n) is 9.91. The third kappa shape index (κ3) is 26.3. The Hall–Kier alpha value is -3.91. The van der Waals surface area contributed by atoms with Crippen LogP contribution in [0.5, 0.6) is 0 Å². The Morgan fingerprint density at radius 1 is 0.360 bits per heavy atom. The van der Waals surface area contributed by atoms with Crippen LogP contribution in [-0.4, -0.2) is 41.4 Å². The van der Waals surface area contributed by atoms with Crippen LogP contribution in [0.15, 0.2) is 183 Å². The van der Waals surface area contributed by atoms with E-state index in [0.717, 1.165) is 25.9 Å². The van der Waals surface area contributed by atoms with Crippen LogP contribution in [0.25, 0.3) is 54.5 Å². The number of fused-ring (bicyclic) bond motifs is 6. The number of benzene rings is 7. The van der Waals surface area contributed by atoms with Crippen molar-refractivity contribution in [1.29, 1.82) is 0 Å². The Morgan fingerprint density at radius 2 is 0.570 bits per heavy atom. The van der Waals surface area contributed by atoms with Crippen LogP contribution >= 0.6 is 0 Å². The van der Waals surface area contributed by atoms with Crippen molar-refractivity contribution >= 4 is 75.4 Å². The molecule has 0 saturated carbocycles. The minimum absolute atomic E-state index is 0. The van der Waals surface area contributed by atoms with E-state index < -0.39 is 32.3 Å². The molecule has 0 saturated heterocycles. The molecule has 2 aromatic heterocycles. The average Bonchev–Trinajstić information content (AvgIpc) is 2.69. The molecule has 0 aliphatic rings. The van der Waals surface area contributed by atoms with E-state index in [4.69, 9.17) is 0 Å². The normalized spacial score (nSPS) is 11.1. The zero-order chi connectivity index (χ0) is 62.2. The standard InChI is InChI=1S/2C27H25N2.C6H6.4C4H11Si.2Ho/c2*1-19-16-20(2)27(21(3)17-19)29-15-14-28(18-29)13-12-26-24-10-6-4-8-22(24)23-9-5-7-11-25(23)26;1-2-4-6-5-3-1;4*1-5(2,3)4;;/h2*4-11,14-17H,12-13H2,1-3H3;1-6H;4*1H2,2-4H3;;/q2*-1;;4*-1;2*+3. The fourth-order valence-corrected chi connectivity index (χ4v) is 9.91. The van der Waals surface area contributed by atoms with Gasteiger partial charge in [-0.25, -0.2) is 0 Å². The first-order chi connectivity index (χ1) is 39.2. The van der Waals surface area contributed by atoms with E-state index in [9.17, 15) is 0 Å². The molecule has 11 aromatic rings. The van der Waals surface area contributed by atoms with E-state index in [1.807, 2.05) is 36.4 Å². The molecular formula is C76H100Ho2N4Si4. The molecular weight excluding hydrogens is 1410 g/mol. The summed E-state index contributed by atoms with van der Waals surface area (Å²) in [7, 11) is -3.44. The monoisotopic (exact) mass is 1510 g/mol. The molecule has 9 aromatic carbocycles. The molecule has 0 atom stereocenters. The summed E-state index contributed by atoms with van der Waals surface area (Å²) in [5, 5.41) is 10.9. The predicted molar refractivity (Wildman–Crippen MR) is 381 cm³/mol. The molecule has 11 rings (SSSR count). The van der Waals surface area contributed by atoms with Crippen molar-refractivity contribution in [1.82, 2.24) is 9.13 Å². The van der Waals surface area contributed by atoms with E-state index in [2.05, 4.69) is 323 Å². The summed E-state index contributed by atoms with van der Waals surface area (Å²) >= 11 is 0. The first kappa shape index (κ1) is 76.3. The van der Waals surface area contributed by atoms with Gasteiger partial charge in [-0.2, -0.15) is 0 Å². The van der Waals surface area contributed by atoms with Crippen molar-refractivity contribution in [2.24, 2.45) is 0 Å². The van der Waals surface area contributed by atoms with Crippen LogP contribution in [0.4, 0.5) is 0 Å². The molecule has 4 nitrogen and oxygen atoms in total. The third-order valence-electron chi connectivity index (χ3n) is 12.5. The molecule has 2 heterocycles. The Morgan fingerprint density at radius 3 is 0.791 bits per heavy atom. The van der Waals surface area contributed by atoms with E-state index in [1.54, 1.807) is 0 Å². The van der Waals surface area contributed by atoms with Gasteiger partial charge in [-0.15, -0.1) is 111 Å². The van der Waals surface area contributed by atoms with E-state index in [-0.39, 0.29) is 75.5 Å². The van der Waals surface area contributed by atoms with Gasteiger partial charge in [-0.05, 0) is 76.6 Å². The summed E-state index contributed by atoms with van der Waals surface area (Å²) in [5.74, 6) is 0. The maximum Gasteiger partial charge on any atom is 3.00 e. The van der Waals surface area contributed by atoms with Gasteiger partial charge in [0, 0.05) is 24.8 Å². The molecule has 0 unspecified atom stereocenters. The van der Waals surface area contributed by atoms with Crippen LogP contribution in [0.1, 0.15) is 44.5 Å². The average molecular weight is 1510 g/mol. The summed E-state index contributed by atoms with van der Waals surface area (Å²) in [6.45, 7) is 57.1. The third-order valence-corrected chi connectivity index (χ3v) is 12.5. The topological polar surface area (TPSA) is 17.6 Å². The van der Waals surface area contributed by atoms with Crippen molar-refractivity contribution in [3.05, 3.63) is 266 Å². The molecule has 0 radical (unpaired) electrons. The zero-order valence-electron chi connectivity index (χ0n) is 55.4. The van der Waals surface area contributed by atoms with Gasteiger partial charge in [0.1, 0.15) is 0 Å². The van der Waals surface area contributed by atoms with Gasteiger partial charge in [0.2, 0.25) is 12.7 Å². The summed E-state index contributed by atoms with van der Waals surface area (Å²) in [6, 6.07) is 56.0. The van der Waals surface area contributed by atoms with Gasteiger partial charge >= 0.3 is 75.5 Å². The summed E-state index contributed by atoms with van der Waals surface area (Å²) < 4.78 is 8.61. The molecule has 0 N–H and O–H groups in total. The second-order valence-corrected chi connectivity index (χ2v) is 47.9. The number of imidazole rings is 2. The van der Waals surface area contributed by atoms with Gasteiger partial charge in [-0.1, -0.05) is 223 Å². The Kier molecular flexibility index (Phi) is 31.0. The molecule has 462 valence electrons.